The number of carbonyl (C=O) groups excluding carboxylic acids is 2. The van der Waals surface area contributed by atoms with Crippen LogP contribution in [0.3, 0.4) is 0 Å². The van der Waals surface area contributed by atoms with Gasteiger partial charge in [0.2, 0.25) is 0 Å². The molecule has 0 aromatic heterocycles. The SMILES string of the molecule is Cc1cc(F)ccc1[C@@H]1C[C@H](NC(=O)OC(C)(C)C)CCN1C(=O)N(C)[C@H](C)c1cc(C(F)(F)F)cc(C(F)(F)F)c1. The number of halogens is 7. The molecule has 0 radical (unpaired) electrons. The van der Waals surface area contributed by atoms with E-state index in [0.717, 1.165) is 4.90 Å². The van der Waals surface area contributed by atoms with Crippen molar-refractivity contribution in [2.45, 2.75) is 83.5 Å². The van der Waals surface area contributed by atoms with E-state index in [1.807, 2.05) is 0 Å². The molecule has 3 atom stereocenters. The summed E-state index contributed by atoms with van der Waals surface area (Å²) in [5.74, 6) is -0.496. The molecule has 2 aromatic rings. The van der Waals surface area contributed by atoms with Crippen molar-refractivity contribution >= 4 is 12.1 Å². The Balaban J connectivity index is 1.94. The van der Waals surface area contributed by atoms with Gasteiger partial charge in [-0.15, -0.1) is 0 Å². The molecule has 0 spiro atoms. The van der Waals surface area contributed by atoms with Crippen molar-refractivity contribution in [1.29, 1.82) is 0 Å². The van der Waals surface area contributed by atoms with Crippen LogP contribution < -0.4 is 5.32 Å². The molecule has 2 aromatic carbocycles. The summed E-state index contributed by atoms with van der Waals surface area (Å²) in [7, 11) is 1.29. The maximum atomic E-state index is 13.9. The highest BCUT2D eigenvalue weighted by Crippen LogP contribution is 2.39. The number of nitrogens with one attached hydrogen (secondary N) is 1. The van der Waals surface area contributed by atoms with Crippen LogP contribution in [-0.4, -0.2) is 47.2 Å². The Morgan fingerprint density at radius 2 is 1.57 bits per heavy atom. The van der Waals surface area contributed by atoms with E-state index in [0.29, 0.717) is 29.7 Å². The summed E-state index contributed by atoms with van der Waals surface area (Å²) >= 11 is 0. The van der Waals surface area contributed by atoms with Gasteiger partial charge in [0.05, 0.1) is 23.2 Å². The Hall–Kier alpha value is -3.51. The number of aryl methyl sites for hydroxylation is 1. The van der Waals surface area contributed by atoms with Crippen LogP contribution in [0.2, 0.25) is 0 Å². The third kappa shape index (κ3) is 8.07. The maximum Gasteiger partial charge on any atom is 0.416 e. The number of likely N-dealkylation sites (tertiary alicyclic amines) is 1. The number of carbonyl (C=O) groups is 2. The molecule has 232 valence electrons. The zero-order valence-electron chi connectivity index (χ0n) is 24.1. The number of piperidine rings is 1. The van der Waals surface area contributed by atoms with Gasteiger partial charge in [-0.05, 0) is 94.5 Å². The number of amides is 3. The van der Waals surface area contributed by atoms with Crippen LogP contribution >= 0.6 is 0 Å². The van der Waals surface area contributed by atoms with Gasteiger partial charge in [-0.25, -0.2) is 14.0 Å². The van der Waals surface area contributed by atoms with Crippen LogP contribution in [0.25, 0.3) is 0 Å². The molecule has 1 saturated heterocycles. The van der Waals surface area contributed by atoms with Crippen molar-refractivity contribution in [3.8, 4) is 0 Å². The molecule has 1 aliphatic heterocycles. The van der Waals surface area contributed by atoms with E-state index in [4.69, 9.17) is 4.74 Å². The monoisotopic (exact) mass is 605 g/mol. The Kier molecular flexibility index (Phi) is 9.43. The summed E-state index contributed by atoms with van der Waals surface area (Å²) in [6.07, 6.45) is -10.2. The van der Waals surface area contributed by atoms with Crippen LogP contribution in [0.15, 0.2) is 36.4 Å². The van der Waals surface area contributed by atoms with Crippen molar-refractivity contribution in [3.05, 3.63) is 70.0 Å². The highest BCUT2D eigenvalue weighted by atomic mass is 19.4. The van der Waals surface area contributed by atoms with Gasteiger partial charge in [0.15, 0.2) is 0 Å². The number of urea groups is 1. The summed E-state index contributed by atoms with van der Waals surface area (Å²) < 4.78 is 99.9. The zero-order valence-corrected chi connectivity index (χ0v) is 24.1. The molecule has 3 amide bonds. The second-order valence-corrected chi connectivity index (χ2v) is 11.5. The average molecular weight is 606 g/mol. The molecule has 0 unspecified atom stereocenters. The fourth-order valence-electron chi connectivity index (χ4n) is 4.92. The predicted molar refractivity (Wildman–Crippen MR) is 141 cm³/mol. The Morgan fingerprint density at radius 3 is 2.07 bits per heavy atom. The Bertz CT molecular complexity index is 1270. The first-order chi connectivity index (χ1) is 19.2. The third-order valence-corrected chi connectivity index (χ3v) is 7.13. The molecule has 1 N–H and O–H groups in total. The number of benzene rings is 2. The minimum absolute atomic E-state index is 0.0355. The first-order valence-corrected chi connectivity index (χ1v) is 13.3. The van der Waals surface area contributed by atoms with Gasteiger partial charge in [-0.1, -0.05) is 6.07 Å². The smallest absolute Gasteiger partial charge is 0.416 e. The van der Waals surface area contributed by atoms with Gasteiger partial charge < -0.3 is 19.9 Å². The van der Waals surface area contributed by atoms with Gasteiger partial charge in [-0.3, -0.25) is 0 Å². The molecule has 6 nitrogen and oxygen atoms in total. The highest BCUT2D eigenvalue weighted by molar-refractivity contribution is 5.76. The fraction of sp³-hybridized carbons (Fsp3) is 0.517. The molecule has 0 saturated carbocycles. The van der Waals surface area contributed by atoms with Gasteiger partial charge >= 0.3 is 24.5 Å². The Labute approximate surface area is 239 Å². The number of ether oxygens (including phenoxy) is 1. The number of alkyl halides is 6. The second kappa shape index (κ2) is 12.0. The molecule has 1 aliphatic rings. The summed E-state index contributed by atoms with van der Waals surface area (Å²) in [5, 5.41) is 2.78. The molecule has 0 bridgehead atoms. The summed E-state index contributed by atoms with van der Waals surface area (Å²) in [5.41, 5.74) is -2.94. The lowest BCUT2D eigenvalue weighted by atomic mass is 9.89. The van der Waals surface area contributed by atoms with E-state index in [-0.39, 0.29) is 24.6 Å². The number of alkyl carbamates (subject to hydrolysis) is 1. The summed E-state index contributed by atoms with van der Waals surface area (Å²) in [6.45, 7) is 8.20. The lowest BCUT2D eigenvalue weighted by Gasteiger charge is -2.43. The minimum atomic E-state index is -5.04. The van der Waals surface area contributed by atoms with Crippen molar-refractivity contribution in [2.75, 3.05) is 13.6 Å². The standard InChI is InChI=1S/C29H34F7N3O3/c1-16-11-21(30)7-8-23(16)24-15-22(37-25(40)42-27(3,4)5)9-10-39(24)26(41)38(6)17(2)18-12-19(28(31,32)33)14-20(13-18)29(34,35)36/h7-8,11-14,17,22,24H,9-10,15H2,1-6H3,(H,37,40)/t17-,22-,24+/m1/s1. The van der Waals surface area contributed by atoms with E-state index in [2.05, 4.69) is 5.32 Å². The molecule has 1 fully saturated rings. The normalized spacial score (nSPS) is 18.8. The van der Waals surface area contributed by atoms with E-state index < -0.39 is 65.1 Å². The Morgan fingerprint density at radius 1 is 1.00 bits per heavy atom. The van der Waals surface area contributed by atoms with Crippen molar-refractivity contribution in [3.63, 3.8) is 0 Å². The lowest BCUT2D eigenvalue weighted by molar-refractivity contribution is -0.143. The van der Waals surface area contributed by atoms with Gasteiger partial charge in [0.25, 0.3) is 0 Å². The molecule has 42 heavy (non-hydrogen) atoms. The van der Waals surface area contributed by atoms with Crippen LogP contribution in [0.4, 0.5) is 40.3 Å². The molecule has 3 rings (SSSR count). The molecule has 0 aliphatic carbocycles. The summed E-state index contributed by atoms with van der Waals surface area (Å²) in [6, 6.07) is 2.31. The minimum Gasteiger partial charge on any atom is -0.444 e. The van der Waals surface area contributed by atoms with Gasteiger partial charge in [0.1, 0.15) is 11.4 Å². The molecule has 1 heterocycles. The van der Waals surface area contributed by atoms with Crippen molar-refractivity contribution < 1.29 is 45.1 Å². The van der Waals surface area contributed by atoms with E-state index >= 15 is 0 Å². The maximum absolute atomic E-state index is 13.9. The quantitative estimate of drug-likeness (QED) is 0.359. The topological polar surface area (TPSA) is 61.9 Å². The highest BCUT2D eigenvalue weighted by Gasteiger charge is 2.40. The molecular formula is C29H34F7N3O3. The first-order valence-electron chi connectivity index (χ1n) is 13.3. The zero-order chi connectivity index (χ0) is 31.8. The van der Waals surface area contributed by atoms with E-state index in [9.17, 15) is 40.3 Å². The van der Waals surface area contributed by atoms with Crippen LogP contribution in [0.1, 0.15) is 80.4 Å². The predicted octanol–water partition coefficient (Wildman–Crippen LogP) is 8.01. The van der Waals surface area contributed by atoms with E-state index in [1.54, 1.807) is 27.7 Å². The number of hydrogen-bond acceptors (Lipinski definition) is 3. The van der Waals surface area contributed by atoms with Crippen molar-refractivity contribution in [1.82, 2.24) is 15.1 Å². The van der Waals surface area contributed by atoms with Crippen LogP contribution in [-0.2, 0) is 17.1 Å². The van der Waals surface area contributed by atoms with Crippen molar-refractivity contribution in [2.24, 2.45) is 0 Å². The lowest BCUT2D eigenvalue weighted by Crippen LogP contribution is -2.52. The fourth-order valence-corrected chi connectivity index (χ4v) is 4.92. The molecule has 13 heteroatoms. The summed E-state index contributed by atoms with van der Waals surface area (Å²) in [4.78, 5) is 28.7. The number of hydrogen-bond donors (Lipinski definition) is 1. The third-order valence-electron chi connectivity index (χ3n) is 7.13. The largest absolute Gasteiger partial charge is 0.444 e. The van der Waals surface area contributed by atoms with Crippen LogP contribution in [0.5, 0.6) is 0 Å². The second-order valence-electron chi connectivity index (χ2n) is 11.5. The molecular weight excluding hydrogens is 571 g/mol. The number of rotatable bonds is 4. The van der Waals surface area contributed by atoms with Gasteiger partial charge in [-0.2, -0.15) is 26.3 Å². The van der Waals surface area contributed by atoms with Gasteiger partial charge in [0, 0.05) is 19.6 Å². The first kappa shape index (κ1) is 33.0. The van der Waals surface area contributed by atoms with E-state index in [1.165, 1.54) is 37.1 Å². The average Bonchev–Trinajstić information content (AvgIpc) is 2.85. The number of nitrogens with zero attached hydrogens (tertiary/aromatic N) is 2. The van der Waals surface area contributed by atoms with Crippen LogP contribution in [0, 0.1) is 12.7 Å².